The van der Waals surface area contributed by atoms with Crippen LogP contribution in [0.15, 0.2) is 58.4 Å². The van der Waals surface area contributed by atoms with Crippen LogP contribution in [0.3, 0.4) is 0 Å². The van der Waals surface area contributed by atoms with E-state index in [-0.39, 0.29) is 16.5 Å². The van der Waals surface area contributed by atoms with Gasteiger partial charge in [-0.3, -0.25) is 9.71 Å². The Kier molecular flexibility index (Phi) is 3.55. The van der Waals surface area contributed by atoms with Crippen LogP contribution in [0.25, 0.3) is 11.5 Å². The number of pyridine rings is 1. The monoisotopic (exact) mass is 320 g/mol. The third-order valence-electron chi connectivity index (χ3n) is 2.71. The summed E-state index contributed by atoms with van der Waals surface area (Å²) in [6.07, 6.45) is 3.16. The molecule has 0 radical (unpaired) electrons. The Morgan fingerprint density at radius 1 is 1.18 bits per heavy atom. The highest BCUT2D eigenvalue weighted by Gasteiger charge is 2.16. The van der Waals surface area contributed by atoms with Crippen LogP contribution in [0, 0.1) is 5.82 Å². The number of hydrogen-bond acceptors (Lipinski definition) is 6. The van der Waals surface area contributed by atoms with Gasteiger partial charge in [0.15, 0.2) is 0 Å². The average Bonchev–Trinajstić information content (AvgIpc) is 3.01. The number of rotatable bonds is 4. The van der Waals surface area contributed by atoms with E-state index in [9.17, 15) is 12.8 Å². The van der Waals surface area contributed by atoms with Crippen LogP contribution in [0.4, 0.5) is 10.1 Å². The molecule has 0 unspecified atom stereocenters. The third kappa shape index (κ3) is 2.93. The highest BCUT2D eigenvalue weighted by atomic mass is 32.2. The maximum absolute atomic E-state index is 13.1. The van der Waals surface area contributed by atoms with Gasteiger partial charge in [0.05, 0.1) is 6.20 Å². The van der Waals surface area contributed by atoms with Crippen molar-refractivity contribution >= 4 is 15.7 Å². The van der Waals surface area contributed by atoms with Crippen molar-refractivity contribution < 1.29 is 17.2 Å². The van der Waals surface area contributed by atoms with Crippen molar-refractivity contribution in [3.05, 3.63) is 54.9 Å². The first-order chi connectivity index (χ1) is 10.5. The highest BCUT2D eigenvalue weighted by molar-refractivity contribution is 7.92. The normalized spacial score (nSPS) is 11.3. The van der Waals surface area contributed by atoms with Crippen molar-refractivity contribution in [3.63, 3.8) is 0 Å². The van der Waals surface area contributed by atoms with Gasteiger partial charge < -0.3 is 4.42 Å². The molecule has 22 heavy (non-hydrogen) atoms. The number of hydrogen-bond donors (Lipinski definition) is 1. The maximum Gasteiger partial charge on any atom is 0.263 e. The molecule has 0 bridgehead atoms. The molecule has 0 spiro atoms. The molecule has 0 amide bonds. The van der Waals surface area contributed by atoms with Crippen LogP contribution in [-0.4, -0.2) is 23.6 Å². The zero-order chi connectivity index (χ0) is 15.6. The summed E-state index contributed by atoms with van der Waals surface area (Å²) in [6.45, 7) is 0. The predicted octanol–water partition coefficient (Wildman–Crippen LogP) is 2.07. The van der Waals surface area contributed by atoms with Crippen molar-refractivity contribution in [2.45, 2.75) is 4.90 Å². The molecule has 0 atom stereocenters. The van der Waals surface area contributed by atoms with E-state index in [1.807, 2.05) is 0 Å². The second-order valence-electron chi connectivity index (χ2n) is 4.27. The van der Waals surface area contributed by atoms with Crippen LogP contribution >= 0.6 is 0 Å². The number of nitrogens with one attached hydrogen (secondary N) is 1. The van der Waals surface area contributed by atoms with Crippen molar-refractivity contribution in [1.82, 2.24) is 15.2 Å². The fourth-order valence-electron chi connectivity index (χ4n) is 1.77. The minimum absolute atomic E-state index is 0.258. The lowest BCUT2D eigenvalue weighted by Crippen LogP contribution is -2.13. The molecule has 1 aromatic carbocycles. The summed E-state index contributed by atoms with van der Waals surface area (Å²) in [4.78, 5) is 3.26. The largest absolute Gasteiger partial charge is 0.423 e. The molecule has 0 fully saturated rings. The summed E-state index contributed by atoms with van der Waals surface area (Å²) in [5.74, 6) is -0.476. The second-order valence-corrected chi connectivity index (χ2v) is 5.95. The maximum atomic E-state index is 13.1. The van der Waals surface area contributed by atoms with E-state index in [1.165, 1.54) is 12.5 Å². The molecule has 0 saturated heterocycles. The minimum atomic E-state index is -3.94. The van der Waals surface area contributed by atoms with Gasteiger partial charge in [-0.25, -0.2) is 12.8 Å². The Bertz CT molecular complexity index is 897. The van der Waals surface area contributed by atoms with Gasteiger partial charge in [0.2, 0.25) is 12.3 Å². The first kappa shape index (κ1) is 14.1. The molecule has 2 heterocycles. The number of benzene rings is 1. The first-order valence-corrected chi connectivity index (χ1v) is 7.53. The SMILES string of the molecule is O=S(=O)(Nc1cccc(-c2nnco2)c1)c1cncc(F)c1. The molecule has 7 nitrogen and oxygen atoms in total. The molecule has 0 aliphatic heterocycles. The van der Waals surface area contributed by atoms with Crippen LogP contribution in [-0.2, 0) is 10.0 Å². The zero-order valence-corrected chi connectivity index (χ0v) is 11.8. The Labute approximate surface area is 124 Å². The topological polar surface area (TPSA) is 98.0 Å². The molecular weight excluding hydrogens is 311 g/mol. The standard InChI is InChI=1S/C13H9FN4O3S/c14-10-5-12(7-15-6-10)22(19,20)18-11-3-1-2-9(4-11)13-17-16-8-21-13/h1-8,18H. The predicted molar refractivity (Wildman–Crippen MR) is 74.7 cm³/mol. The van der Waals surface area contributed by atoms with Gasteiger partial charge in [0.25, 0.3) is 10.0 Å². The molecule has 2 aromatic heterocycles. The lowest BCUT2D eigenvalue weighted by Gasteiger charge is -2.08. The summed E-state index contributed by atoms with van der Waals surface area (Å²) >= 11 is 0. The lowest BCUT2D eigenvalue weighted by atomic mass is 10.2. The summed E-state index contributed by atoms with van der Waals surface area (Å²) in [5, 5.41) is 7.30. The zero-order valence-electron chi connectivity index (χ0n) is 11.0. The summed E-state index contributed by atoms with van der Waals surface area (Å²) in [6, 6.07) is 7.27. The average molecular weight is 320 g/mol. The molecule has 9 heteroatoms. The Balaban J connectivity index is 1.91. The van der Waals surface area contributed by atoms with E-state index in [4.69, 9.17) is 4.42 Å². The molecule has 3 rings (SSSR count). The molecule has 0 saturated carbocycles. The van der Waals surface area contributed by atoms with Gasteiger partial charge >= 0.3 is 0 Å². The molecule has 0 aliphatic carbocycles. The highest BCUT2D eigenvalue weighted by Crippen LogP contribution is 2.22. The number of halogens is 1. The smallest absolute Gasteiger partial charge is 0.263 e. The van der Waals surface area contributed by atoms with E-state index < -0.39 is 15.8 Å². The Morgan fingerprint density at radius 3 is 2.77 bits per heavy atom. The summed E-state index contributed by atoms with van der Waals surface area (Å²) < 4.78 is 44.9. The van der Waals surface area contributed by atoms with Gasteiger partial charge in [-0.2, -0.15) is 0 Å². The Morgan fingerprint density at radius 2 is 2.05 bits per heavy atom. The second kappa shape index (κ2) is 5.53. The quantitative estimate of drug-likeness (QED) is 0.790. The van der Waals surface area contributed by atoms with Gasteiger partial charge in [-0.1, -0.05) is 6.07 Å². The molecule has 112 valence electrons. The summed E-state index contributed by atoms with van der Waals surface area (Å²) in [7, 11) is -3.94. The Hall–Kier alpha value is -2.81. The van der Waals surface area contributed by atoms with Crippen molar-refractivity contribution in [2.75, 3.05) is 4.72 Å². The lowest BCUT2D eigenvalue weighted by molar-refractivity contribution is 0.568. The third-order valence-corrected chi connectivity index (χ3v) is 4.06. The van der Waals surface area contributed by atoms with E-state index in [0.29, 0.717) is 5.56 Å². The van der Waals surface area contributed by atoms with Gasteiger partial charge in [-0.15, -0.1) is 10.2 Å². The minimum Gasteiger partial charge on any atom is -0.423 e. The number of nitrogens with zero attached hydrogens (tertiary/aromatic N) is 3. The van der Waals surface area contributed by atoms with E-state index in [0.717, 1.165) is 18.5 Å². The van der Waals surface area contributed by atoms with Gasteiger partial charge in [-0.05, 0) is 24.3 Å². The molecule has 0 aliphatic rings. The number of aromatic nitrogens is 3. The van der Waals surface area contributed by atoms with Gasteiger partial charge in [0, 0.05) is 17.4 Å². The first-order valence-electron chi connectivity index (χ1n) is 6.04. The molecule has 3 aromatic rings. The number of anilines is 1. The van der Waals surface area contributed by atoms with Crippen LogP contribution in [0.2, 0.25) is 0 Å². The fraction of sp³-hybridized carbons (Fsp3) is 0. The van der Waals surface area contributed by atoms with Crippen molar-refractivity contribution in [2.24, 2.45) is 0 Å². The fourth-order valence-corrected chi connectivity index (χ4v) is 2.79. The van der Waals surface area contributed by atoms with E-state index >= 15 is 0 Å². The van der Waals surface area contributed by atoms with Crippen LogP contribution in [0.1, 0.15) is 0 Å². The van der Waals surface area contributed by atoms with E-state index in [1.54, 1.807) is 18.2 Å². The van der Waals surface area contributed by atoms with E-state index in [2.05, 4.69) is 19.9 Å². The van der Waals surface area contributed by atoms with Crippen LogP contribution in [0.5, 0.6) is 0 Å². The van der Waals surface area contributed by atoms with Gasteiger partial charge in [0.1, 0.15) is 10.7 Å². The number of sulfonamides is 1. The molecule has 1 N–H and O–H groups in total. The van der Waals surface area contributed by atoms with Crippen LogP contribution < -0.4 is 4.72 Å². The van der Waals surface area contributed by atoms with Crippen molar-refractivity contribution in [1.29, 1.82) is 0 Å². The van der Waals surface area contributed by atoms with Crippen molar-refractivity contribution in [3.8, 4) is 11.5 Å². The molecular formula is C13H9FN4O3S. The summed E-state index contributed by atoms with van der Waals surface area (Å²) in [5.41, 5.74) is 0.829.